The molecule has 6 aromatic rings. The van der Waals surface area contributed by atoms with Crippen LogP contribution >= 0.6 is 34.3 Å². The third-order valence-electron chi connectivity index (χ3n) is 6.32. The highest BCUT2D eigenvalue weighted by molar-refractivity contribution is 7.21. The van der Waals surface area contributed by atoms with Gasteiger partial charge in [-0.15, -0.1) is 27.8 Å². The Bertz CT molecular complexity index is 1840. The van der Waals surface area contributed by atoms with E-state index in [-0.39, 0.29) is 5.91 Å². The molecule has 0 fully saturated rings. The van der Waals surface area contributed by atoms with Crippen molar-refractivity contribution in [2.75, 3.05) is 7.11 Å². The molecule has 5 nitrogen and oxygen atoms in total. The molecule has 0 saturated carbocycles. The number of hydrogen-bond acceptors (Lipinski definition) is 5. The summed E-state index contributed by atoms with van der Waals surface area (Å²) < 4.78 is 8.33. The van der Waals surface area contributed by atoms with Gasteiger partial charge in [0.25, 0.3) is 5.91 Å². The standard InChI is InChI=1S/C31H22ClN3O2S2/c1-37-24-17-15-23(16-18-24)35-26(22-13-11-21(12-14-22)20-7-3-2-4-8-20)19-38-31(35)34-33-30(36)29-28(32)25-9-5-6-10-27(25)39-29/h2-19H,1H3,(H,33,36)/b34-31-. The van der Waals surface area contributed by atoms with Crippen molar-refractivity contribution in [1.82, 2.24) is 9.99 Å². The van der Waals surface area contributed by atoms with Gasteiger partial charge in [0.1, 0.15) is 10.6 Å². The van der Waals surface area contributed by atoms with Crippen LogP contribution in [0.15, 0.2) is 114 Å². The Balaban J connectivity index is 1.39. The zero-order valence-electron chi connectivity index (χ0n) is 20.8. The summed E-state index contributed by atoms with van der Waals surface area (Å²) in [5.41, 5.74) is 7.91. The number of methoxy groups -OCH3 is 1. The predicted octanol–water partition coefficient (Wildman–Crippen LogP) is 8.00. The Morgan fingerprint density at radius 3 is 2.23 bits per heavy atom. The first kappa shape index (κ1) is 25.1. The molecular weight excluding hydrogens is 546 g/mol. The number of aromatic nitrogens is 1. The minimum atomic E-state index is -0.343. The van der Waals surface area contributed by atoms with E-state index in [0.29, 0.717) is 14.7 Å². The van der Waals surface area contributed by atoms with Crippen molar-refractivity contribution in [1.29, 1.82) is 0 Å². The van der Waals surface area contributed by atoms with Crippen LogP contribution in [0, 0.1) is 0 Å². The van der Waals surface area contributed by atoms with Crippen molar-refractivity contribution < 1.29 is 9.53 Å². The number of carbonyl (C=O) groups excluding carboxylic acids is 1. The Morgan fingerprint density at radius 2 is 1.51 bits per heavy atom. The molecule has 4 aromatic carbocycles. The minimum Gasteiger partial charge on any atom is -0.497 e. The van der Waals surface area contributed by atoms with Gasteiger partial charge in [-0.05, 0) is 47.0 Å². The molecule has 0 saturated heterocycles. The van der Waals surface area contributed by atoms with Crippen molar-refractivity contribution in [3.8, 4) is 33.8 Å². The van der Waals surface area contributed by atoms with Crippen LogP contribution in [0.4, 0.5) is 0 Å². The normalized spacial score (nSPS) is 11.6. The van der Waals surface area contributed by atoms with Crippen molar-refractivity contribution in [2.24, 2.45) is 5.10 Å². The summed E-state index contributed by atoms with van der Waals surface area (Å²) >= 11 is 9.32. The monoisotopic (exact) mass is 567 g/mol. The molecule has 0 radical (unpaired) electrons. The number of halogens is 1. The fourth-order valence-electron chi connectivity index (χ4n) is 4.34. The molecule has 2 heterocycles. The van der Waals surface area contributed by atoms with Crippen LogP contribution in [0.3, 0.4) is 0 Å². The first-order chi connectivity index (χ1) is 19.1. The van der Waals surface area contributed by atoms with Crippen LogP contribution in [0.1, 0.15) is 9.67 Å². The number of hydrogen-bond donors (Lipinski definition) is 1. The first-order valence-electron chi connectivity index (χ1n) is 12.1. The third kappa shape index (κ3) is 5.00. The number of thiophene rings is 1. The maximum Gasteiger partial charge on any atom is 0.283 e. The Morgan fingerprint density at radius 1 is 0.846 bits per heavy atom. The van der Waals surface area contributed by atoms with Crippen LogP contribution in [0.25, 0.3) is 38.2 Å². The second-order valence-electron chi connectivity index (χ2n) is 8.67. The summed E-state index contributed by atoms with van der Waals surface area (Å²) in [7, 11) is 1.64. The molecule has 1 amide bonds. The van der Waals surface area contributed by atoms with Crippen molar-refractivity contribution in [3.05, 3.63) is 123 Å². The zero-order chi connectivity index (χ0) is 26.8. The lowest BCUT2D eigenvalue weighted by Crippen LogP contribution is -2.23. The molecule has 0 bridgehead atoms. The molecule has 192 valence electrons. The summed E-state index contributed by atoms with van der Waals surface area (Å²) in [4.78, 5) is 14.1. The van der Waals surface area contributed by atoms with E-state index in [1.54, 1.807) is 7.11 Å². The first-order valence-corrected chi connectivity index (χ1v) is 14.2. The molecule has 1 N–H and O–H groups in total. The number of amides is 1. The SMILES string of the molecule is COc1ccc(-n2c(-c3ccc(-c4ccccc4)cc3)cs/c2=N\NC(=O)c2sc3ccccc3c2Cl)cc1. The maximum absolute atomic E-state index is 13.1. The summed E-state index contributed by atoms with van der Waals surface area (Å²) in [6.45, 7) is 0. The van der Waals surface area contributed by atoms with Gasteiger partial charge in [-0.2, -0.15) is 0 Å². The fourth-order valence-corrected chi connectivity index (χ4v) is 6.62. The summed E-state index contributed by atoms with van der Waals surface area (Å²) in [6.07, 6.45) is 0. The molecule has 2 aromatic heterocycles. The highest BCUT2D eigenvalue weighted by Gasteiger charge is 2.17. The van der Waals surface area contributed by atoms with E-state index in [1.807, 2.05) is 76.7 Å². The van der Waals surface area contributed by atoms with Gasteiger partial charge in [0.15, 0.2) is 0 Å². The van der Waals surface area contributed by atoms with Gasteiger partial charge in [0.05, 0.1) is 17.8 Å². The quantitative estimate of drug-likeness (QED) is 0.207. The van der Waals surface area contributed by atoms with E-state index in [9.17, 15) is 4.79 Å². The Labute approximate surface area is 238 Å². The van der Waals surface area contributed by atoms with Gasteiger partial charge in [0, 0.05) is 21.2 Å². The highest BCUT2D eigenvalue weighted by atomic mass is 35.5. The van der Waals surface area contributed by atoms with Gasteiger partial charge in [-0.1, -0.05) is 84.4 Å². The number of ether oxygens (including phenoxy) is 1. The minimum absolute atomic E-state index is 0.343. The van der Waals surface area contributed by atoms with Gasteiger partial charge < -0.3 is 4.74 Å². The Kier molecular flexibility index (Phi) is 7.02. The van der Waals surface area contributed by atoms with Crippen molar-refractivity contribution >= 4 is 50.3 Å². The average Bonchev–Trinajstić information content (AvgIpc) is 3.58. The molecule has 0 aliphatic carbocycles. The van der Waals surface area contributed by atoms with Crippen LogP contribution in [-0.2, 0) is 0 Å². The lowest BCUT2D eigenvalue weighted by atomic mass is 10.0. The van der Waals surface area contributed by atoms with E-state index < -0.39 is 0 Å². The lowest BCUT2D eigenvalue weighted by Gasteiger charge is -2.11. The van der Waals surface area contributed by atoms with E-state index in [2.05, 4.69) is 46.9 Å². The molecule has 39 heavy (non-hydrogen) atoms. The average molecular weight is 568 g/mol. The highest BCUT2D eigenvalue weighted by Crippen LogP contribution is 2.35. The number of thiazole rings is 1. The Hall–Kier alpha value is -4.17. The second-order valence-corrected chi connectivity index (χ2v) is 10.9. The van der Waals surface area contributed by atoms with E-state index >= 15 is 0 Å². The number of carbonyl (C=O) groups is 1. The summed E-state index contributed by atoms with van der Waals surface area (Å²) in [6, 6.07) is 34.2. The van der Waals surface area contributed by atoms with E-state index in [0.717, 1.165) is 43.9 Å². The molecule has 0 unspecified atom stereocenters. The second kappa shape index (κ2) is 10.9. The third-order valence-corrected chi connectivity index (χ3v) is 8.82. The predicted molar refractivity (Wildman–Crippen MR) is 161 cm³/mol. The number of fused-ring (bicyclic) bond motifs is 1. The number of nitrogens with zero attached hydrogens (tertiary/aromatic N) is 2. The largest absolute Gasteiger partial charge is 0.497 e. The van der Waals surface area contributed by atoms with E-state index in [1.165, 1.54) is 22.7 Å². The fraction of sp³-hybridized carbons (Fsp3) is 0.0323. The number of nitrogens with one attached hydrogen (secondary N) is 1. The summed E-state index contributed by atoms with van der Waals surface area (Å²) in [5, 5.41) is 7.87. The van der Waals surface area contributed by atoms with Gasteiger partial charge >= 0.3 is 0 Å². The van der Waals surface area contributed by atoms with Crippen LogP contribution in [0.5, 0.6) is 5.75 Å². The van der Waals surface area contributed by atoms with Crippen LogP contribution in [-0.4, -0.2) is 17.6 Å². The lowest BCUT2D eigenvalue weighted by molar-refractivity contribution is 0.0957. The van der Waals surface area contributed by atoms with Gasteiger partial charge in [-0.3, -0.25) is 9.36 Å². The maximum atomic E-state index is 13.1. The van der Waals surface area contributed by atoms with Gasteiger partial charge in [0.2, 0.25) is 4.80 Å². The molecular formula is C31H22ClN3O2S2. The van der Waals surface area contributed by atoms with E-state index in [4.69, 9.17) is 16.3 Å². The molecule has 0 atom stereocenters. The molecule has 8 heteroatoms. The van der Waals surface area contributed by atoms with Crippen LogP contribution < -0.4 is 15.0 Å². The molecule has 0 spiro atoms. The number of benzene rings is 4. The van der Waals surface area contributed by atoms with Crippen molar-refractivity contribution in [2.45, 2.75) is 0 Å². The van der Waals surface area contributed by atoms with Crippen LogP contribution in [0.2, 0.25) is 5.02 Å². The number of rotatable bonds is 6. The summed E-state index contributed by atoms with van der Waals surface area (Å²) in [5.74, 6) is 0.416. The van der Waals surface area contributed by atoms with Gasteiger partial charge in [-0.25, -0.2) is 5.43 Å². The zero-order valence-corrected chi connectivity index (χ0v) is 23.2. The molecule has 0 aliphatic heterocycles. The smallest absolute Gasteiger partial charge is 0.283 e. The van der Waals surface area contributed by atoms with Crippen molar-refractivity contribution in [3.63, 3.8) is 0 Å². The molecule has 6 rings (SSSR count). The topological polar surface area (TPSA) is 55.6 Å². The molecule has 0 aliphatic rings.